The van der Waals surface area contributed by atoms with Crippen LogP contribution in [-0.2, 0) is 11.9 Å². The van der Waals surface area contributed by atoms with Gasteiger partial charge in [0.05, 0.1) is 17.0 Å². The standard InChI is InChI=1S/C21H24N2.C18H33P.C15H10.2ClH.Ru/c1-14-9-16(3)20(17(4)10-14)22-7-8-23(13-22)21-18(5)11-15(2)12-19(21)6;1-4-10-16(11-5-1)19(17-12-6-2-7-13-17)18-14-8-3-9-15-18;1-2-6-12(7-3-1)15-11-10-13-8-4-5-9-14(13)15;;;/h7-12H,1-6H3;16-18H,1-15H2;1-9,11H;2*1H;/q;;;;;+2/p-1. The van der Waals surface area contributed by atoms with Crippen LogP contribution in [-0.4, -0.2) is 30.2 Å². The Balaban J connectivity index is 0.000000218. The van der Waals surface area contributed by atoms with Crippen molar-refractivity contribution < 1.29 is 11.9 Å². The van der Waals surface area contributed by atoms with Gasteiger partial charge in [0.15, 0.2) is 0 Å². The molecule has 6 heteroatoms. The molecule has 320 valence electrons. The number of halogens is 2. The molecule has 4 aliphatic carbocycles. The van der Waals surface area contributed by atoms with Gasteiger partial charge in [-0.3, -0.25) is 0 Å². The Bertz CT molecular complexity index is 2340. The quantitative estimate of drug-likeness (QED) is 0.119. The van der Waals surface area contributed by atoms with Gasteiger partial charge in [-0.25, -0.2) is 0 Å². The Morgan fingerprint density at radius 2 is 0.883 bits per heavy atom. The molecule has 9 rings (SSSR count). The van der Waals surface area contributed by atoms with E-state index in [2.05, 4.69) is 142 Å². The van der Waals surface area contributed by atoms with Crippen molar-refractivity contribution in [1.82, 2.24) is 9.13 Å². The van der Waals surface area contributed by atoms with Crippen molar-refractivity contribution in [2.75, 3.05) is 0 Å². The monoisotopic (exact) mass is 947 g/mol. The van der Waals surface area contributed by atoms with Crippen molar-refractivity contribution in [1.29, 1.82) is 0 Å². The summed E-state index contributed by atoms with van der Waals surface area (Å²) in [5.74, 6) is 0. The summed E-state index contributed by atoms with van der Waals surface area (Å²) in [6.07, 6.45) is 30.3. The van der Waals surface area contributed by atoms with Crippen LogP contribution in [0.2, 0.25) is 0 Å². The normalized spacial score (nSPS) is 18.3. The van der Waals surface area contributed by atoms with Crippen molar-refractivity contribution in [3.8, 4) is 11.4 Å². The second-order valence-electron chi connectivity index (χ2n) is 18.5. The van der Waals surface area contributed by atoms with Crippen molar-refractivity contribution in [2.24, 2.45) is 0 Å². The van der Waals surface area contributed by atoms with Crippen LogP contribution in [0.1, 0.15) is 146 Å². The van der Waals surface area contributed by atoms with Crippen molar-refractivity contribution in [3.63, 3.8) is 0 Å². The number of imidazole rings is 1. The zero-order valence-corrected chi connectivity index (χ0v) is 41.3. The zero-order valence-electron chi connectivity index (χ0n) is 37.1. The van der Waals surface area contributed by atoms with Gasteiger partial charge in [0.2, 0.25) is 0 Å². The predicted molar refractivity (Wildman–Crippen MR) is 261 cm³/mol. The van der Waals surface area contributed by atoms with Gasteiger partial charge in [0, 0.05) is 7.92 Å². The molecule has 4 aliphatic rings. The molecule has 3 saturated carbocycles. The Hall–Kier alpha value is -2.67. The van der Waals surface area contributed by atoms with Crippen molar-refractivity contribution in [3.05, 3.63) is 151 Å². The topological polar surface area (TPSA) is 9.86 Å². The van der Waals surface area contributed by atoms with E-state index in [0.29, 0.717) is 0 Å². The van der Waals surface area contributed by atoms with Gasteiger partial charge in [-0.05, 0) is 77.0 Å². The van der Waals surface area contributed by atoms with Crippen LogP contribution in [0.5, 0.6) is 0 Å². The first-order chi connectivity index (χ1) is 29.0. The number of aryl methyl sites for hydroxylation is 6. The average molecular weight is 948 g/mol. The molecule has 0 bridgehead atoms. The van der Waals surface area contributed by atoms with Crippen LogP contribution in [0.15, 0.2) is 97.3 Å². The molecule has 0 atom stereocenters. The fraction of sp³-hybridized carbons (Fsp3) is 0.444. The summed E-state index contributed by atoms with van der Waals surface area (Å²) >= 11 is -3.83. The number of aromatic nitrogens is 2. The fourth-order valence-corrected chi connectivity index (χ4v) is 23.4. The first kappa shape index (κ1) is 44.0. The number of fused-ring (bicyclic) bond motifs is 1. The van der Waals surface area contributed by atoms with E-state index < -0.39 is 11.9 Å². The molecule has 3 fully saturated rings. The molecule has 0 unspecified atom stereocenters. The van der Waals surface area contributed by atoms with E-state index in [1.54, 1.807) is 96.3 Å². The van der Waals surface area contributed by atoms with E-state index in [4.69, 9.17) is 19.4 Å². The second-order valence-corrected chi connectivity index (χ2v) is 31.2. The number of hydrogen-bond donors (Lipinski definition) is 0. The van der Waals surface area contributed by atoms with E-state index in [1.807, 2.05) is 6.07 Å². The van der Waals surface area contributed by atoms with Crippen LogP contribution >= 0.6 is 27.3 Å². The maximum absolute atomic E-state index is 7.88. The van der Waals surface area contributed by atoms with E-state index >= 15 is 0 Å². The number of allylic oxidation sites excluding steroid dienone is 1. The number of benzene rings is 4. The van der Waals surface area contributed by atoms with Gasteiger partial charge >= 0.3 is 254 Å². The Kier molecular flexibility index (Phi) is 14.2. The summed E-state index contributed by atoms with van der Waals surface area (Å²) in [4.78, 5) is 0. The zero-order chi connectivity index (χ0) is 42.0. The summed E-state index contributed by atoms with van der Waals surface area (Å²) in [5.41, 5.74) is 17.9. The number of hydrogen-bond acceptors (Lipinski definition) is 0. The molecular weight excluding hydrogens is 880 g/mol. The maximum atomic E-state index is 7.88. The predicted octanol–water partition coefficient (Wildman–Crippen LogP) is 16.0. The molecule has 0 amide bonds. The van der Waals surface area contributed by atoms with E-state index in [9.17, 15) is 0 Å². The number of nitrogens with zero attached hydrogens (tertiary/aromatic N) is 2. The molecule has 2 nitrogen and oxygen atoms in total. The molecule has 0 saturated heterocycles. The molecule has 4 aromatic carbocycles. The van der Waals surface area contributed by atoms with Crippen molar-refractivity contribution >= 4 is 37.0 Å². The van der Waals surface area contributed by atoms with Crippen LogP contribution < -0.4 is 0 Å². The molecule has 0 radical (unpaired) electrons. The van der Waals surface area contributed by atoms with Crippen LogP contribution in [0.25, 0.3) is 16.9 Å². The van der Waals surface area contributed by atoms with Gasteiger partial charge < -0.3 is 0 Å². The van der Waals surface area contributed by atoms with E-state index in [0.717, 1.165) is 36.2 Å². The molecule has 1 heterocycles. The van der Waals surface area contributed by atoms with Crippen LogP contribution in [0.3, 0.4) is 0 Å². The Morgan fingerprint density at radius 1 is 0.500 bits per heavy atom. The average Bonchev–Trinajstić information content (AvgIpc) is 3.86. The van der Waals surface area contributed by atoms with Gasteiger partial charge in [0.1, 0.15) is 0 Å². The number of rotatable bonds is 6. The first-order valence-electron chi connectivity index (χ1n) is 23.1. The third-order valence-electron chi connectivity index (χ3n) is 14.0. The Labute approximate surface area is 373 Å². The third kappa shape index (κ3) is 9.19. The summed E-state index contributed by atoms with van der Waals surface area (Å²) in [6, 6.07) is 28.0. The van der Waals surface area contributed by atoms with Gasteiger partial charge in [0.25, 0.3) is 0 Å². The van der Waals surface area contributed by atoms with Crippen LogP contribution in [0, 0.1) is 45.6 Å². The first-order valence-corrected chi connectivity index (χ1v) is 31.0. The molecule has 0 spiro atoms. The second kappa shape index (κ2) is 19.4. The van der Waals surface area contributed by atoms with Gasteiger partial charge in [-0.15, -0.1) is 0 Å². The SMILES string of the molecule is C1CCC([PH+](C2CCCCC2)C2CCCCC2)CC1.Cc1cc(C)c(-n2ccn(-c3c(C)cc(C)cc3C)[c]2=[Ru]([Cl])([Cl])=[C]2C=C(c3ccccc3)c3ccccc32)c(C)c1. The minimum atomic E-state index is -3.83. The third-order valence-corrected chi connectivity index (χ3v) is 25.4. The van der Waals surface area contributed by atoms with Crippen molar-refractivity contribution in [2.45, 2.75) is 155 Å². The van der Waals surface area contributed by atoms with Gasteiger partial charge in [-0.1, -0.05) is 19.3 Å². The van der Waals surface area contributed by atoms with E-state index in [1.165, 1.54) is 55.9 Å². The summed E-state index contributed by atoms with van der Waals surface area (Å²) in [7, 11) is 15.7. The molecule has 0 aliphatic heterocycles. The molecule has 5 aromatic rings. The Morgan fingerprint density at radius 3 is 1.30 bits per heavy atom. The minimum absolute atomic E-state index is 0.0465. The van der Waals surface area contributed by atoms with E-state index in [-0.39, 0.29) is 7.92 Å². The fourth-order valence-electron chi connectivity index (χ4n) is 11.6. The molecule has 60 heavy (non-hydrogen) atoms. The molecular formula is C54H68Cl2N2PRu+. The summed E-state index contributed by atoms with van der Waals surface area (Å²) < 4.78 is 6.51. The summed E-state index contributed by atoms with van der Waals surface area (Å²) in [6.45, 7) is 13.0. The molecule has 1 aromatic heterocycles. The molecule has 0 N–H and O–H groups in total. The van der Waals surface area contributed by atoms with Gasteiger partial charge in [-0.2, -0.15) is 0 Å². The summed E-state index contributed by atoms with van der Waals surface area (Å²) in [5, 5.41) is 0. The van der Waals surface area contributed by atoms with Crippen LogP contribution in [0.4, 0.5) is 0 Å².